The summed E-state index contributed by atoms with van der Waals surface area (Å²) < 4.78 is 8.28. The minimum atomic E-state index is 0.106. The number of aromatic nitrogens is 1. The highest BCUT2D eigenvalue weighted by Gasteiger charge is 2.34. The van der Waals surface area contributed by atoms with E-state index in [1.165, 1.54) is 18.4 Å². The molecular formula is C31H32N2O2. The fraction of sp³-hybridized carbons (Fsp3) is 0.323. The number of fused-ring (bicyclic) bond motifs is 3. The number of nitrogens with zero attached hydrogens (tertiary/aromatic N) is 2. The van der Waals surface area contributed by atoms with Gasteiger partial charge in [0.15, 0.2) is 5.78 Å². The summed E-state index contributed by atoms with van der Waals surface area (Å²) in [7, 11) is 0. The number of Topliss-reactive ketones (excluding diaryl/α,β-unsaturated/α-hetero) is 1. The van der Waals surface area contributed by atoms with Crippen molar-refractivity contribution >= 4 is 16.7 Å². The molecule has 0 bridgehead atoms. The maximum absolute atomic E-state index is 13.3. The average Bonchev–Trinajstić information content (AvgIpc) is 3.41. The molecule has 0 saturated carbocycles. The zero-order valence-corrected chi connectivity index (χ0v) is 20.1. The fourth-order valence-electron chi connectivity index (χ4n) is 5.78. The molecule has 3 heterocycles. The molecule has 0 spiro atoms. The second kappa shape index (κ2) is 9.71. The Morgan fingerprint density at radius 2 is 1.54 bits per heavy atom. The summed E-state index contributed by atoms with van der Waals surface area (Å²) in [5.74, 6) is 1.91. The summed E-state index contributed by atoms with van der Waals surface area (Å²) >= 11 is 0. The van der Waals surface area contributed by atoms with E-state index in [1.54, 1.807) is 0 Å². The van der Waals surface area contributed by atoms with E-state index >= 15 is 0 Å². The second-order valence-corrected chi connectivity index (χ2v) is 10.1. The van der Waals surface area contributed by atoms with Crippen LogP contribution in [-0.2, 0) is 19.7 Å². The van der Waals surface area contributed by atoms with Crippen molar-refractivity contribution in [2.24, 2.45) is 11.8 Å². The molecule has 3 aromatic carbocycles. The molecule has 178 valence electrons. The summed E-state index contributed by atoms with van der Waals surface area (Å²) in [6, 6.07) is 29.2. The fourth-order valence-corrected chi connectivity index (χ4v) is 5.78. The van der Waals surface area contributed by atoms with Crippen LogP contribution in [0.5, 0.6) is 5.75 Å². The van der Waals surface area contributed by atoms with Crippen molar-refractivity contribution in [1.29, 1.82) is 0 Å². The Kier molecular flexibility index (Phi) is 6.13. The normalized spacial score (nSPS) is 18.7. The van der Waals surface area contributed by atoms with Gasteiger partial charge in [-0.3, -0.25) is 9.69 Å². The van der Waals surface area contributed by atoms with Crippen LogP contribution in [0.4, 0.5) is 0 Å². The first-order valence-electron chi connectivity index (χ1n) is 12.8. The Bertz CT molecular complexity index is 1300. The average molecular weight is 465 g/mol. The highest BCUT2D eigenvalue weighted by Crippen LogP contribution is 2.36. The van der Waals surface area contributed by atoms with Gasteiger partial charge >= 0.3 is 0 Å². The first-order chi connectivity index (χ1) is 17.2. The molecule has 0 radical (unpaired) electrons. The maximum Gasteiger partial charge on any atom is 0.184 e. The number of carbonyl (C=O) groups excluding carboxylic acids is 1. The monoisotopic (exact) mass is 464 g/mol. The van der Waals surface area contributed by atoms with Crippen LogP contribution in [0.1, 0.15) is 40.9 Å². The van der Waals surface area contributed by atoms with Gasteiger partial charge in [0.2, 0.25) is 0 Å². The molecule has 2 aliphatic rings. The van der Waals surface area contributed by atoms with Crippen LogP contribution in [-0.4, -0.2) is 28.3 Å². The van der Waals surface area contributed by atoms with Gasteiger partial charge in [-0.1, -0.05) is 60.7 Å². The van der Waals surface area contributed by atoms with Crippen LogP contribution >= 0.6 is 0 Å². The van der Waals surface area contributed by atoms with Gasteiger partial charge in [0, 0.05) is 30.5 Å². The van der Waals surface area contributed by atoms with Crippen LogP contribution in [0.3, 0.4) is 0 Å². The van der Waals surface area contributed by atoms with Crippen LogP contribution in [0, 0.1) is 11.8 Å². The lowest BCUT2D eigenvalue weighted by Gasteiger charge is -2.32. The first kappa shape index (κ1) is 22.1. The minimum Gasteiger partial charge on any atom is -0.489 e. The number of likely N-dealkylation sites (tertiary alicyclic amines) is 1. The topological polar surface area (TPSA) is 34.5 Å². The molecule has 6 rings (SSSR count). The van der Waals surface area contributed by atoms with E-state index in [4.69, 9.17) is 4.74 Å². The third-order valence-corrected chi connectivity index (χ3v) is 7.72. The third kappa shape index (κ3) is 4.76. The Morgan fingerprint density at radius 1 is 0.829 bits per heavy atom. The first-order valence-corrected chi connectivity index (χ1v) is 12.8. The molecule has 0 amide bonds. The molecule has 0 aliphatic carbocycles. The van der Waals surface area contributed by atoms with Crippen molar-refractivity contribution < 1.29 is 9.53 Å². The smallest absolute Gasteiger partial charge is 0.184 e. The number of ketones is 1. The molecule has 1 fully saturated rings. The van der Waals surface area contributed by atoms with E-state index in [1.807, 2.05) is 24.3 Å². The van der Waals surface area contributed by atoms with E-state index in [0.29, 0.717) is 18.3 Å². The molecule has 4 nitrogen and oxygen atoms in total. The van der Waals surface area contributed by atoms with Gasteiger partial charge in [-0.2, -0.15) is 0 Å². The number of hydrogen-bond acceptors (Lipinski definition) is 3. The number of ether oxygens (including phenoxy) is 1. The van der Waals surface area contributed by atoms with Gasteiger partial charge in [0.1, 0.15) is 12.4 Å². The Morgan fingerprint density at radius 3 is 2.29 bits per heavy atom. The number of hydrogen-bond donors (Lipinski definition) is 0. The summed E-state index contributed by atoms with van der Waals surface area (Å²) in [5.41, 5.74) is 4.51. The van der Waals surface area contributed by atoms with Crippen molar-refractivity contribution in [2.45, 2.75) is 39.0 Å². The van der Waals surface area contributed by atoms with Crippen molar-refractivity contribution in [3.8, 4) is 5.75 Å². The summed E-state index contributed by atoms with van der Waals surface area (Å²) in [6.45, 7) is 4.62. The molecule has 0 N–H and O–H groups in total. The van der Waals surface area contributed by atoms with Crippen LogP contribution in [0.25, 0.3) is 10.9 Å². The van der Waals surface area contributed by atoms with E-state index in [-0.39, 0.29) is 5.92 Å². The molecule has 35 heavy (non-hydrogen) atoms. The van der Waals surface area contributed by atoms with Gasteiger partial charge in [0.05, 0.1) is 11.2 Å². The second-order valence-electron chi connectivity index (χ2n) is 10.1. The number of piperidine rings is 1. The predicted molar refractivity (Wildman–Crippen MR) is 140 cm³/mol. The minimum absolute atomic E-state index is 0.106. The molecule has 4 heteroatoms. The SMILES string of the molecule is O=C1c2cc3ccc(OCc4ccccc4)cc3n2CC1CC1CCN(Cc2ccccc2)CC1. The summed E-state index contributed by atoms with van der Waals surface area (Å²) in [5, 5.41) is 1.12. The molecule has 2 aliphatic heterocycles. The Hall–Kier alpha value is -3.37. The maximum atomic E-state index is 13.3. The lowest BCUT2D eigenvalue weighted by molar-refractivity contribution is 0.0894. The largest absolute Gasteiger partial charge is 0.489 e. The lowest BCUT2D eigenvalue weighted by atomic mass is 9.85. The predicted octanol–water partition coefficient (Wildman–Crippen LogP) is 6.34. The Balaban J connectivity index is 1.08. The molecule has 4 aromatic rings. The third-order valence-electron chi connectivity index (χ3n) is 7.72. The van der Waals surface area contributed by atoms with Crippen molar-refractivity contribution in [3.05, 3.63) is 102 Å². The molecule has 1 atom stereocenters. The summed E-state index contributed by atoms with van der Waals surface area (Å²) in [6.07, 6.45) is 3.37. The quantitative estimate of drug-likeness (QED) is 0.320. The Labute approximate surface area is 207 Å². The van der Waals surface area contributed by atoms with E-state index < -0.39 is 0 Å². The van der Waals surface area contributed by atoms with Gasteiger partial charge in [-0.15, -0.1) is 0 Å². The van der Waals surface area contributed by atoms with Crippen LogP contribution in [0.15, 0.2) is 84.9 Å². The van der Waals surface area contributed by atoms with Crippen molar-refractivity contribution in [1.82, 2.24) is 9.47 Å². The number of rotatable bonds is 7. The van der Waals surface area contributed by atoms with Crippen molar-refractivity contribution in [3.63, 3.8) is 0 Å². The van der Waals surface area contributed by atoms with Gasteiger partial charge in [-0.05, 0) is 67.6 Å². The molecule has 1 unspecified atom stereocenters. The van der Waals surface area contributed by atoms with E-state index in [9.17, 15) is 4.79 Å². The highest BCUT2D eigenvalue weighted by molar-refractivity contribution is 6.03. The highest BCUT2D eigenvalue weighted by atomic mass is 16.5. The van der Waals surface area contributed by atoms with Crippen LogP contribution < -0.4 is 4.74 Å². The van der Waals surface area contributed by atoms with Crippen molar-refractivity contribution in [2.75, 3.05) is 13.1 Å². The summed E-state index contributed by atoms with van der Waals surface area (Å²) in [4.78, 5) is 15.8. The van der Waals surface area contributed by atoms with Gasteiger partial charge in [0.25, 0.3) is 0 Å². The number of carbonyl (C=O) groups is 1. The van der Waals surface area contributed by atoms with Gasteiger partial charge < -0.3 is 9.30 Å². The molecular weight excluding hydrogens is 432 g/mol. The van der Waals surface area contributed by atoms with Gasteiger partial charge in [-0.25, -0.2) is 0 Å². The number of benzene rings is 3. The molecule has 1 aromatic heterocycles. The zero-order chi connectivity index (χ0) is 23.6. The standard InChI is InChI=1S/C31H32N2O2/c34-31-27(17-23-13-15-32(16-14-23)20-24-7-3-1-4-8-24)21-33-29-19-28(12-11-26(29)18-30(31)33)35-22-25-9-5-2-6-10-25/h1-12,18-19,23,27H,13-17,20-22H2. The lowest BCUT2D eigenvalue weighted by Crippen LogP contribution is -2.34. The van der Waals surface area contributed by atoms with Crippen LogP contribution in [0.2, 0.25) is 0 Å². The van der Waals surface area contributed by atoms with E-state index in [0.717, 1.165) is 60.5 Å². The van der Waals surface area contributed by atoms with E-state index in [2.05, 4.69) is 70.1 Å². The molecule has 1 saturated heterocycles. The zero-order valence-electron chi connectivity index (χ0n) is 20.1.